The van der Waals surface area contributed by atoms with Crippen LogP contribution in [0.1, 0.15) is 0 Å². The zero-order chi connectivity index (χ0) is 41.9. The number of ether oxygens (including phenoxy) is 11. The largest absolute Gasteiger partial charge is 0.377 e. The van der Waals surface area contributed by atoms with Crippen molar-refractivity contribution in [2.45, 2.75) is 0 Å². The third-order valence-corrected chi connectivity index (χ3v) is 6.31. The summed E-state index contributed by atoms with van der Waals surface area (Å²) in [6, 6.07) is 0. The molecule has 57 heavy (non-hydrogen) atoms. The van der Waals surface area contributed by atoms with Gasteiger partial charge in [-0.25, -0.2) is 4.79 Å². The Balaban J connectivity index is 3.46. The molecule has 0 atom stereocenters. The normalized spacial score (nSPS) is 10.8. The van der Waals surface area contributed by atoms with Crippen molar-refractivity contribution >= 4 is 35.5 Å². The molecule has 7 N–H and O–H groups in total. The topological polar surface area (TPSA) is 290 Å². The molecule has 0 heterocycles. The Bertz CT molecular complexity index is 1100. The molecule has 0 aromatic carbocycles. The number of carbonyl (C=O) groups is 5. The Morgan fingerprint density at radius 2 is 0.667 bits per heavy atom. The van der Waals surface area contributed by atoms with Gasteiger partial charge < -0.3 is 84.4 Å². The summed E-state index contributed by atoms with van der Waals surface area (Å²) in [5.74, 6) is 0.0949. The number of amides is 5. The summed E-state index contributed by atoms with van der Waals surface area (Å²) in [6.07, 6.45) is 0. The molecule has 5 amide bonds. The quantitative estimate of drug-likeness (QED) is 0.0248. The Hall–Kier alpha value is -3.84. The summed E-state index contributed by atoms with van der Waals surface area (Å²) >= 11 is 0. The second-order valence-corrected chi connectivity index (χ2v) is 11.1. The second-order valence-electron chi connectivity index (χ2n) is 11.1. The molecule has 0 aliphatic carbocycles. The number of hydrogen-bond acceptors (Lipinski definition) is 18. The van der Waals surface area contributed by atoms with Crippen LogP contribution in [-0.2, 0) is 80.9 Å². The number of carbonyl (C=O) groups excluding carboxylic acids is 6. The van der Waals surface area contributed by atoms with Gasteiger partial charge in [-0.05, 0) is 0 Å². The molecule has 330 valence electrons. The van der Waals surface area contributed by atoms with Gasteiger partial charge in [-0.15, -0.1) is 0 Å². The minimum atomic E-state index is -0.553. The first-order chi connectivity index (χ1) is 27.8. The van der Waals surface area contributed by atoms with Crippen LogP contribution in [0.2, 0.25) is 0 Å². The average molecular weight is 827 g/mol. The van der Waals surface area contributed by atoms with Crippen molar-refractivity contribution in [1.29, 1.82) is 0 Å². The van der Waals surface area contributed by atoms with Gasteiger partial charge in [-0.3, -0.25) is 24.0 Å². The lowest BCUT2D eigenvalue weighted by Gasteiger charge is -2.10. The SMILES string of the molecule is COCC(=O)NCCOCCOCC(=O)NCCOCCOCC(=O)NCCOCCOCC(=C=O)NCCOCCOCC(=O)NCCOCCOCC(N)=O. The highest BCUT2D eigenvalue weighted by Gasteiger charge is 2.05. The van der Waals surface area contributed by atoms with Gasteiger partial charge >= 0.3 is 0 Å². The zero-order valence-corrected chi connectivity index (χ0v) is 32.9. The van der Waals surface area contributed by atoms with Crippen LogP contribution in [0.3, 0.4) is 0 Å². The van der Waals surface area contributed by atoms with Crippen LogP contribution in [-0.4, -0.2) is 214 Å². The Morgan fingerprint density at radius 1 is 0.386 bits per heavy atom. The maximum Gasteiger partial charge on any atom is 0.246 e. The molecular weight excluding hydrogens is 764 g/mol. The molecule has 0 unspecified atom stereocenters. The molecule has 0 radical (unpaired) electrons. The number of primary amides is 1. The van der Waals surface area contributed by atoms with E-state index in [0.717, 1.165) is 0 Å². The smallest absolute Gasteiger partial charge is 0.246 e. The van der Waals surface area contributed by atoms with E-state index in [1.165, 1.54) is 7.11 Å². The standard InChI is InChI=1S/C34H62N6O17/c1-47-25-31(43)37-3-8-51-15-20-56-28-34(46)40-6-11-52-16-21-57-27-33(45)38-4-9-49-12-17-53-23-29(22-41)36-2-7-48-14-19-55-26-32(44)39-5-10-50-13-18-54-24-30(35)42/h36H,2-21,23-28H2,1H3,(H2,35,42)(H,37,43)(H,38,45)(H,39,44)(H,40,46). The second kappa shape index (κ2) is 41.8. The fourth-order valence-corrected chi connectivity index (χ4v) is 3.72. The van der Waals surface area contributed by atoms with Gasteiger partial charge in [0.2, 0.25) is 29.5 Å². The monoisotopic (exact) mass is 826 g/mol. The van der Waals surface area contributed by atoms with Crippen molar-refractivity contribution in [3.05, 3.63) is 5.70 Å². The fraction of sp³-hybridized carbons (Fsp3) is 0.794. The lowest BCUT2D eigenvalue weighted by molar-refractivity contribution is -0.127. The van der Waals surface area contributed by atoms with Gasteiger partial charge in [-0.1, -0.05) is 0 Å². The van der Waals surface area contributed by atoms with Crippen LogP contribution >= 0.6 is 0 Å². The number of rotatable bonds is 43. The number of methoxy groups -OCH3 is 1. The molecule has 0 aromatic rings. The molecule has 0 fully saturated rings. The zero-order valence-electron chi connectivity index (χ0n) is 32.9. The van der Waals surface area contributed by atoms with Crippen LogP contribution in [0.25, 0.3) is 0 Å². The predicted octanol–water partition coefficient (Wildman–Crippen LogP) is -4.95. The molecule has 0 rings (SSSR count). The predicted molar refractivity (Wildman–Crippen MR) is 199 cm³/mol. The van der Waals surface area contributed by atoms with E-state index in [-0.39, 0.29) is 175 Å². The van der Waals surface area contributed by atoms with E-state index in [4.69, 9.17) is 57.8 Å². The third kappa shape index (κ3) is 41.6. The van der Waals surface area contributed by atoms with E-state index >= 15 is 0 Å². The van der Waals surface area contributed by atoms with Crippen molar-refractivity contribution in [2.75, 3.05) is 179 Å². The molecule has 0 aliphatic heterocycles. The molecule has 0 bridgehead atoms. The van der Waals surface area contributed by atoms with Gasteiger partial charge in [0, 0.05) is 39.8 Å². The molecule has 0 saturated heterocycles. The molecule has 0 aromatic heterocycles. The van der Waals surface area contributed by atoms with Gasteiger partial charge in [0.25, 0.3) is 0 Å². The van der Waals surface area contributed by atoms with E-state index in [1.807, 2.05) is 0 Å². The van der Waals surface area contributed by atoms with E-state index in [2.05, 4.69) is 26.6 Å². The van der Waals surface area contributed by atoms with Crippen LogP contribution < -0.4 is 32.3 Å². The maximum absolute atomic E-state index is 11.9. The molecule has 23 heteroatoms. The highest BCUT2D eigenvalue weighted by Crippen LogP contribution is 1.88. The lowest BCUT2D eigenvalue weighted by atomic mass is 10.5. The van der Waals surface area contributed by atoms with E-state index < -0.39 is 5.91 Å². The summed E-state index contributed by atoms with van der Waals surface area (Å²) in [6.45, 7) is 4.83. The Morgan fingerprint density at radius 3 is 0.982 bits per heavy atom. The minimum absolute atomic E-state index is 0.00422. The van der Waals surface area contributed by atoms with Crippen molar-refractivity contribution < 1.29 is 80.9 Å². The third-order valence-electron chi connectivity index (χ3n) is 6.31. The summed E-state index contributed by atoms with van der Waals surface area (Å²) in [5.41, 5.74) is 5.16. The Kier molecular flexibility index (Phi) is 39.0. The van der Waals surface area contributed by atoms with Crippen molar-refractivity contribution in [2.24, 2.45) is 5.73 Å². The number of hydrogen-bond donors (Lipinski definition) is 6. The van der Waals surface area contributed by atoms with E-state index in [0.29, 0.717) is 26.2 Å². The highest BCUT2D eigenvalue weighted by molar-refractivity contribution is 5.78. The molecule has 0 saturated carbocycles. The van der Waals surface area contributed by atoms with Crippen LogP contribution in [0.5, 0.6) is 0 Å². The average Bonchev–Trinajstić information content (AvgIpc) is 3.18. The van der Waals surface area contributed by atoms with Crippen LogP contribution in [0.15, 0.2) is 5.70 Å². The van der Waals surface area contributed by atoms with Crippen molar-refractivity contribution in [3.63, 3.8) is 0 Å². The highest BCUT2D eigenvalue weighted by atomic mass is 16.5. The first kappa shape index (κ1) is 53.2. The lowest BCUT2D eigenvalue weighted by Crippen LogP contribution is -2.32. The number of nitrogens with two attached hydrogens (primary N) is 1. The van der Waals surface area contributed by atoms with Crippen molar-refractivity contribution in [3.8, 4) is 0 Å². The molecule has 0 spiro atoms. The molecular formula is C34H62N6O17. The maximum atomic E-state index is 11.9. The van der Waals surface area contributed by atoms with E-state index in [9.17, 15) is 28.8 Å². The number of nitrogens with one attached hydrogen (secondary N) is 5. The van der Waals surface area contributed by atoms with Crippen molar-refractivity contribution in [1.82, 2.24) is 26.6 Å². The summed E-state index contributed by atoms with van der Waals surface area (Å²) in [5, 5.41) is 13.4. The van der Waals surface area contributed by atoms with Gasteiger partial charge in [0.15, 0.2) is 0 Å². The first-order valence-corrected chi connectivity index (χ1v) is 18.4. The van der Waals surface area contributed by atoms with Gasteiger partial charge in [0.1, 0.15) is 44.7 Å². The van der Waals surface area contributed by atoms with Gasteiger partial charge in [0.05, 0.1) is 106 Å². The van der Waals surface area contributed by atoms with Crippen LogP contribution in [0, 0.1) is 0 Å². The summed E-state index contributed by atoms with van der Waals surface area (Å²) in [4.78, 5) is 68.2. The molecule has 0 aliphatic rings. The molecule has 23 nitrogen and oxygen atoms in total. The Labute approximate surface area is 332 Å². The van der Waals surface area contributed by atoms with Crippen LogP contribution in [0.4, 0.5) is 0 Å². The van der Waals surface area contributed by atoms with E-state index in [1.54, 1.807) is 5.94 Å². The fourth-order valence-electron chi connectivity index (χ4n) is 3.72. The summed E-state index contributed by atoms with van der Waals surface area (Å²) in [7, 11) is 1.44. The minimum Gasteiger partial charge on any atom is -0.377 e. The van der Waals surface area contributed by atoms with Gasteiger partial charge in [-0.2, -0.15) is 0 Å². The first-order valence-electron chi connectivity index (χ1n) is 18.4. The summed E-state index contributed by atoms with van der Waals surface area (Å²) < 4.78 is 57.4.